The zero-order valence-electron chi connectivity index (χ0n) is 9.14. The van der Waals surface area contributed by atoms with Crippen molar-refractivity contribution in [2.24, 2.45) is 11.8 Å². The molecule has 1 aliphatic heterocycles. The molecule has 1 aromatic heterocycles. The van der Waals surface area contributed by atoms with Gasteiger partial charge in [0.2, 0.25) is 0 Å². The van der Waals surface area contributed by atoms with E-state index >= 15 is 0 Å². The predicted octanol–water partition coefficient (Wildman–Crippen LogP) is 1.84. The molecule has 0 aromatic carbocycles. The highest BCUT2D eigenvalue weighted by Crippen LogP contribution is 2.29. The third kappa shape index (κ3) is 1.65. The van der Waals surface area contributed by atoms with Crippen molar-refractivity contribution in [2.45, 2.75) is 46.1 Å². The van der Waals surface area contributed by atoms with Gasteiger partial charge in [0.15, 0.2) is 5.82 Å². The molecule has 0 radical (unpaired) electrons. The van der Waals surface area contributed by atoms with E-state index in [4.69, 9.17) is 0 Å². The number of fused-ring (bicyclic) bond motifs is 1. The minimum Gasteiger partial charge on any atom is -0.226 e. The first kappa shape index (κ1) is 9.62. The Morgan fingerprint density at radius 2 is 2.14 bits per heavy atom. The van der Waals surface area contributed by atoms with E-state index in [0.29, 0.717) is 17.9 Å². The van der Waals surface area contributed by atoms with E-state index in [1.165, 1.54) is 12.8 Å². The van der Waals surface area contributed by atoms with E-state index in [9.17, 15) is 0 Å². The van der Waals surface area contributed by atoms with Gasteiger partial charge in [0.25, 0.3) is 0 Å². The summed E-state index contributed by atoms with van der Waals surface area (Å²) >= 11 is 0. The summed E-state index contributed by atoms with van der Waals surface area (Å²) in [5.41, 5.74) is 0. The maximum absolute atomic E-state index is 4.11. The van der Waals surface area contributed by atoms with Crippen LogP contribution in [-0.2, 0) is 6.42 Å². The molecule has 0 fully saturated rings. The van der Waals surface area contributed by atoms with Gasteiger partial charge in [-0.25, -0.2) is 4.68 Å². The Labute approximate surface area is 84.7 Å². The lowest BCUT2D eigenvalue weighted by atomic mass is 9.96. The van der Waals surface area contributed by atoms with Crippen LogP contribution in [0, 0.1) is 11.8 Å². The van der Waals surface area contributed by atoms with E-state index in [1.54, 1.807) is 0 Å². The van der Waals surface area contributed by atoms with Crippen LogP contribution in [0.5, 0.6) is 0 Å². The van der Waals surface area contributed by atoms with E-state index < -0.39 is 0 Å². The third-order valence-electron chi connectivity index (χ3n) is 3.13. The summed E-state index contributed by atoms with van der Waals surface area (Å²) in [6, 6.07) is 0.491. The zero-order chi connectivity index (χ0) is 10.1. The van der Waals surface area contributed by atoms with Crippen molar-refractivity contribution in [2.75, 3.05) is 0 Å². The van der Waals surface area contributed by atoms with Gasteiger partial charge in [-0.05, 0) is 35.1 Å². The molecule has 4 heteroatoms. The number of hydrogen-bond donors (Lipinski definition) is 0. The summed E-state index contributed by atoms with van der Waals surface area (Å²) in [4.78, 5) is 0. The van der Waals surface area contributed by atoms with Crippen LogP contribution in [0.1, 0.15) is 45.5 Å². The molecule has 2 rings (SSSR count). The molecular formula is C10H18N4. The summed E-state index contributed by atoms with van der Waals surface area (Å²) in [5.74, 6) is 2.39. The van der Waals surface area contributed by atoms with Crippen molar-refractivity contribution in [1.29, 1.82) is 0 Å². The summed E-state index contributed by atoms with van der Waals surface area (Å²) < 4.78 is 2.04. The Hall–Kier alpha value is -0.930. The SMILES string of the molecule is CC(C)[C@@H]1CC[C@@H](C)Cc2nnnn21. The van der Waals surface area contributed by atoms with Gasteiger partial charge < -0.3 is 0 Å². The maximum Gasteiger partial charge on any atom is 0.151 e. The van der Waals surface area contributed by atoms with Gasteiger partial charge in [-0.15, -0.1) is 5.10 Å². The van der Waals surface area contributed by atoms with Crippen LogP contribution in [0.4, 0.5) is 0 Å². The topological polar surface area (TPSA) is 43.6 Å². The van der Waals surface area contributed by atoms with E-state index in [0.717, 1.165) is 12.2 Å². The second-order valence-electron chi connectivity index (χ2n) is 4.74. The van der Waals surface area contributed by atoms with Crippen LogP contribution in [0.25, 0.3) is 0 Å². The first-order chi connectivity index (χ1) is 6.68. The van der Waals surface area contributed by atoms with E-state index in [1.807, 2.05) is 4.68 Å². The number of hydrogen-bond acceptors (Lipinski definition) is 3. The first-order valence-electron chi connectivity index (χ1n) is 5.45. The zero-order valence-corrected chi connectivity index (χ0v) is 9.14. The maximum atomic E-state index is 4.11. The van der Waals surface area contributed by atoms with E-state index in [2.05, 4.69) is 36.3 Å². The van der Waals surface area contributed by atoms with Crippen molar-refractivity contribution in [3.63, 3.8) is 0 Å². The molecule has 0 spiro atoms. The van der Waals surface area contributed by atoms with E-state index in [-0.39, 0.29) is 0 Å². The minimum absolute atomic E-state index is 0.491. The quantitative estimate of drug-likeness (QED) is 0.685. The van der Waals surface area contributed by atoms with Gasteiger partial charge >= 0.3 is 0 Å². The molecule has 78 valence electrons. The molecule has 2 heterocycles. The molecule has 0 aliphatic carbocycles. The molecule has 0 N–H and O–H groups in total. The first-order valence-corrected chi connectivity index (χ1v) is 5.45. The smallest absolute Gasteiger partial charge is 0.151 e. The molecule has 14 heavy (non-hydrogen) atoms. The third-order valence-corrected chi connectivity index (χ3v) is 3.13. The number of tetrazole rings is 1. The number of rotatable bonds is 1. The molecule has 0 saturated heterocycles. The Morgan fingerprint density at radius 3 is 2.86 bits per heavy atom. The van der Waals surface area contributed by atoms with Gasteiger partial charge in [0, 0.05) is 6.42 Å². The van der Waals surface area contributed by atoms with Crippen molar-refractivity contribution in [3.05, 3.63) is 5.82 Å². The summed E-state index contributed by atoms with van der Waals surface area (Å²) in [6.07, 6.45) is 3.50. The highest BCUT2D eigenvalue weighted by Gasteiger charge is 2.25. The second-order valence-corrected chi connectivity index (χ2v) is 4.74. The Kier molecular flexibility index (Phi) is 2.52. The average Bonchev–Trinajstić information content (AvgIpc) is 2.47. The molecular weight excluding hydrogens is 176 g/mol. The minimum atomic E-state index is 0.491. The van der Waals surface area contributed by atoms with Crippen molar-refractivity contribution < 1.29 is 0 Å². The van der Waals surface area contributed by atoms with Crippen LogP contribution in [0.2, 0.25) is 0 Å². The highest BCUT2D eigenvalue weighted by molar-refractivity contribution is 4.90. The summed E-state index contributed by atoms with van der Waals surface area (Å²) in [5, 5.41) is 12.0. The van der Waals surface area contributed by atoms with Gasteiger partial charge in [-0.1, -0.05) is 20.8 Å². The molecule has 2 atom stereocenters. The summed E-state index contributed by atoms with van der Waals surface area (Å²) in [7, 11) is 0. The van der Waals surface area contributed by atoms with Crippen LogP contribution in [0.3, 0.4) is 0 Å². The molecule has 0 unspecified atom stereocenters. The lowest BCUT2D eigenvalue weighted by molar-refractivity contribution is 0.313. The molecule has 1 aliphatic rings. The fourth-order valence-electron chi connectivity index (χ4n) is 2.21. The lowest BCUT2D eigenvalue weighted by Gasteiger charge is -2.19. The van der Waals surface area contributed by atoms with Crippen molar-refractivity contribution in [3.8, 4) is 0 Å². The highest BCUT2D eigenvalue weighted by atomic mass is 15.5. The summed E-state index contributed by atoms with van der Waals surface area (Å²) in [6.45, 7) is 6.76. The lowest BCUT2D eigenvalue weighted by Crippen LogP contribution is -2.17. The fraction of sp³-hybridized carbons (Fsp3) is 0.900. The molecule has 1 aromatic rings. The Bertz CT molecular complexity index is 305. The number of aromatic nitrogens is 4. The predicted molar refractivity (Wildman–Crippen MR) is 53.8 cm³/mol. The van der Waals surface area contributed by atoms with Crippen LogP contribution in [0.15, 0.2) is 0 Å². The molecule has 0 saturated carbocycles. The monoisotopic (exact) mass is 194 g/mol. The normalized spacial score (nSPS) is 27.4. The fourth-order valence-corrected chi connectivity index (χ4v) is 2.21. The molecule has 4 nitrogen and oxygen atoms in total. The van der Waals surface area contributed by atoms with Gasteiger partial charge in [-0.2, -0.15) is 0 Å². The van der Waals surface area contributed by atoms with Gasteiger partial charge in [-0.3, -0.25) is 0 Å². The standard InChI is InChI=1S/C10H18N4/c1-7(2)9-5-4-8(3)6-10-11-12-13-14(9)10/h7-9H,4-6H2,1-3H3/t8-,9+/m1/s1. The van der Waals surface area contributed by atoms with Crippen LogP contribution in [-0.4, -0.2) is 20.2 Å². The number of nitrogens with zero attached hydrogens (tertiary/aromatic N) is 4. The van der Waals surface area contributed by atoms with Gasteiger partial charge in [0.1, 0.15) is 0 Å². The van der Waals surface area contributed by atoms with Gasteiger partial charge in [0.05, 0.1) is 6.04 Å². The Morgan fingerprint density at radius 1 is 1.36 bits per heavy atom. The molecule has 0 amide bonds. The van der Waals surface area contributed by atoms with Crippen LogP contribution < -0.4 is 0 Å². The second kappa shape index (κ2) is 3.67. The van der Waals surface area contributed by atoms with Crippen LogP contribution >= 0.6 is 0 Å². The van der Waals surface area contributed by atoms with Crippen molar-refractivity contribution >= 4 is 0 Å². The molecule has 0 bridgehead atoms. The Balaban J connectivity index is 2.31. The van der Waals surface area contributed by atoms with Crippen molar-refractivity contribution in [1.82, 2.24) is 20.2 Å². The largest absolute Gasteiger partial charge is 0.226 e. The average molecular weight is 194 g/mol.